The van der Waals surface area contributed by atoms with Crippen LogP contribution < -0.4 is 10.6 Å². The summed E-state index contributed by atoms with van der Waals surface area (Å²) in [5.41, 5.74) is 2.79. The summed E-state index contributed by atoms with van der Waals surface area (Å²) < 4.78 is 0. The molecule has 0 saturated heterocycles. The Kier molecular flexibility index (Phi) is 8.52. The number of hydrogen-bond acceptors (Lipinski definition) is 2. The first kappa shape index (κ1) is 16.2. The van der Waals surface area contributed by atoms with Crippen LogP contribution in [-0.2, 0) is 6.42 Å². The smallest absolute Gasteiger partial charge is 0.00258 e. The fraction of sp³-hybridized carbons (Fsp3) is 0.647. The number of nitrogens with one attached hydrogen (secondary N) is 2. The predicted molar refractivity (Wildman–Crippen MR) is 84.7 cm³/mol. The van der Waals surface area contributed by atoms with E-state index in [0.29, 0.717) is 0 Å². The standard InChI is InChI=1S/C17H30N2/c1-15(2)14-19-13-5-12-18-11-4-6-17-9-7-16(3)8-10-17/h7-10,15,18-19H,4-6,11-14H2,1-3H3. The molecule has 0 fully saturated rings. The van der Waals surface area contributed by atoms with Gasteiger partial charge in [-0.05, 0) is 63.8 Å². The van der Waals surface area contributed by atoms with Crippen LogP contribution in [0.5, 0.6) is 0 Å². The summed E-state index contributed by atoms with van der Waals surface area (Å²) in [6, 6.07) is 8.88. The second-order valence-corrected chi connectivity index (χ2v) is 5.79. The highest BCUT2D eigenvalue weighted by Crippen LogP contribution is 2.05. The molecule has 0 saturated carbocycles. The number of rotatable bonds is 10. The Balaban J connectivity index is 1.90. The van der Waals surface area contributed by atoms with Gasteiger partial charge in [0.2, 0.25) is 0 Å². The Bertz CT molecular complexity index is 317. The van der Waals surface area contributed by atoms with Crippen molar-refractivity contribution in [3.05, 3.63) is 35.4 Å². The minimum atomic E-state index is 0.752. The molecule has 0 amide bonds. The molecule has 1 aromatic carbocycles. The van der Waals surface area contributed by atoms with Gasteiger partial charge < -0.3 is 10.6 Å². The average molecular weight is 262 g/mol. The molecule has 0 unspecified atom stereocenters. The van der Waals surface area contributed by atoms with Crippen molar-refractivity contribution in [2.75, 3.05) is 26.2 Å². The fourth-order valence-corrected chi connectivity index (χ4v) is 2.03. The lowest BCUT2D eigenvalue weighted by atomic mass is 10.1. The van der Waals surface area contributed by atoms with E-state index in [-0.39, 0.29) is 0 Å². The number of benzene rings is 1. The highest BCUT2D eigenvalue weighted by atomic mass is 14.9. The van der Waals surface area contributed by atoms with Gasteiger partial charge in [0.05, 0.1) is 0 Å². The molecular weight excluding hydrogens is 232 g/mol. The Morgan fingerprint density at radius 3 is 2.21 bits per heavy atom. The molecule has 108 valence electrons. The maximum Gasteiger partial charge on any atom is -0.00258 e. The summed E-state index contributed by atoms with van der Waals surface area (Å²) in [4.78, 5) is 0. The summed E-state index contributed by atoms with van der Waals surface area (Å²) in [6.07, 6.45) is 3.62. The summed E-state index contributed by atoms with van der Waals surface area (Å²) in [7, 11) is 0. The topological polar surface area (TPSA) is 24.1 Å². The van der Waals surface area contributed by atoms with E-state index in [0.717, 1.165) is 32.1 Å². The Morgan fingerprint density at radius 2 is 1.53 bits per heavy atom. The van der Waals surface area contributed by atoms with Crippen molar-refractivity contribution in [1.82, 2.24) is 10.6 Å². The van der Waals surface area contributed by atoms with E-state index in [1.807, 2.05) is 0 Å². The lowest BCUT2D eigenvalue weighted by Crippen LogP contribution is -2.25. The quantitative estimate of drug-likeness (QED) is 0.633. The van der Waals surface area contributed by atoms with Gasteiger partial charge >= 0.3 is 0 Å². The second kappa shape index (κ2) is 9.99. The van der Waals surface area contributed by atoms with Gasteiger partial charge in [-0.3, -0.25) is 0 Å². The van der Waals surface area contributed by atoms with Crippen molar-refractivity contribution in [2.45, 2.75) is 40.0 Å². The first-order valence-electron chi connectivity index (χ1n) is 7.65. The molecule has 2 heteroatoms. The first-order chi connectivity index (χ1) is 9.18. The van der Waals surface area contributed by atoms with Gasteiger partial charge in [-0.2, -0.15) is 0 Å². The molecular formula is C17H30N2. The van der Waals surface area contributed by atoms with E-state index in [4.69, 9.17) is 0 Å². The largest absolute Gasteiger partial charge is 0.317 e. The van der Waals surface area contributed by atoms with Crippen LogP contribution in [0.3, 0.4) is 0 Å². The van der Waals surface area contributed by atoms with E-state index < -0.39 is 0 Å². The van der Waals surface area contributed by atoms with Crippen molar-refractivity contribution in [1.29, 1.82) is 0 Å². The van der Waals surface area contributed by atoms with Crippen molar-refractivity contribution in [2.24, 2.45) is 5.92 Å². The second-order valence-electron chi connectivity index (χ2n) is 5.79. The summed E-state index contributed by atoms with van der Waals surface area (Å²) >= 11 is 0. The molecule has 0 aliphatic carbocycles. The lowest BCUT2D eigenvalue weighted by molar-refractivity contribution is 0.528. The summed E-state index contributed by atoms with van der Waals surface area (Å²) in [6.45, 7) is 11.1. The van der Waals surface area contributed by atoms with Gasteiger partial charge in [-0.15, -0.1) is 0 Å². The van der Waals surface area contributed by atoms with Crippen LogP contribution >= 0.6 is 0 Å². The predicted octanol–water partition coefficient (Wildman–Crippen LogP) is 3.15. The Labute approximate surface area is 119 Å². The summed E-state index contributed by atoms with van der Waals surface area (Å²) in [5.74, 6) is 0.752. The molecule has 0 atom stereocenters. The van der Waals surface area contributed by atoms with Gasteiger partial charge in [-0.1, -0.05) is 43.7 Å². The Morgan fingerprint density at radius 1 is 0.895 bits per heavy atom. The molecule has 0 aromatic heterocycles. The van der Waals surface area contributed by atoms with Gasteiger partial charge in [0.15, 0.2) is 0 Å². The molecule has 2 N–H and O–H groups in total. The van der Waals surface area contributed by atoms with Crippen molar-refractivity contribution in [3.63, 3.8) is 0 Å². The van der Waals surface area contributed by atoms with Gasteiger partial charge in [-0.25, -0.2) is 0 Å². The van der Waals surface area contributed by atoms with Gasteiger partial charge in [0, 0.05) is 0 Å². The molecule has 19 heavy (non-hydrogen) atoms. The molecule has 0 spiro atoms. The van der Waals surface area contributed by atoms with E-state index in [2.05, 4.69) is 55.7 Å². The zero-order valence-corrected chi connectivity index (χ0v) is 12.8. The zero-order chi connectivity index (χ0) is 13.9. The molecule has 0 bridgehead atoms. The minimum Gasteiger partial charge on any atom is -0.317 e. The number of aryl methyl sites for hydroxylation is 2. The lowest BCUT2D eigenvalue weighted by Gasteiger charge is -2.08. The van der Waals surface area contributed by atoms with Gasteiger partial charge in [0.25, 0.3) is 0 Å². The molecule has 0 radical (unpaired) electrons. The SMILES string of the molecule is Cc1ccc(CCCNCCCNCC(C)C)cc1. The van der Waals surface area contributed by atoms with Crippen LogP contribution in [0.25, 0.3) is 0 Å². The third-order valence-corrected chi connectivity index (χ3v) is 3.20. The van der Waals surface area contributed by atoms with Crippen LogP contribution in [-0.4, -0.2) is 26.2 Å². The monoisotopic (exact) mass is 262 g/mol. The van der Waals surface area contributed by atoms with E-state index in [1.54, 1.807) is 0 Å². The average Bonchev–Trinajstić information content (AvgIpc) is 2.38. The fourth-order valence-electron chi connectivity index (χ4n) is 2.03. The molecule has 1 aromatic rings. The van der Waals surface area contributed by atoms with Crippen LogP contribution in [0.15, 0.2) is 24.3 Å². The van der Waals surface area contributed by atoms with Gasteiger partial charge in [0.1, 0.15) is 0 Å². The minimum absolute atomic E-state index is 0.752. The van der Waals surface area contributed by atoms with Crippen molar-refractivity contribution < 1.29 is 0 Å². The molecule has 0 aliphatic rings. The molecule has 0 heterocycles. The molecule has 1 rings (SSSR count). The van der Waals surface area contributed by atoms with E-state index in [9.17, 15) is 0 Å². The Hall–Kier alpha value is -0.860. The van der Waals surface area contributed by atoms with Crippen LogP contribution in [0.2, 0.25) is 0 Å². The highest BCUT2D eigenvalue weighted by molar-refractivity contribution is 5.21. The molecule has 2 nitrogen and oxygen atoms in total. The van der Waals surface area contributed by atoms with E-state index in [1.165, 1.54) is 30.4 Å². The maximum atomic E-state index is 3.52. The maximum absolute atomic E-state index is 3.52. The van der Waals surface area contributed by atoms with Crippen LogP contribution in [0, 0.1) is 12.8 Å². The first-order valence-corrected chi connectivity index (χ1v) is 7.65. The zero-order valence-electron chi connectivity index (χ0n) is 12.8. The van der Waals surface area contributed by atoms with Crippen LogP contribution in [0.4, 0.5) is 0 Å². The summed E-state index contributed by atoms with van der Waals surface area (Å²) in [5, 5.41) is 6.98. The van der Waals surface area contributed by atoms with Crippen molar-refractivity contribution in [3.8, 4) is 0 Å². The third kappa shape index (κ3) is 8.79. The highest BCUT2D eigenvalue weighted by Gasteiger charge is 1.94. The van der Waals surface area contributed by atoms with E-state index >= 15 is 0 Å². The number of hydrogen-bond donors (Lipinski definition) is 2. The van der Waals surface area contributed by atoms with Crippen molar-refractivity contribution >= 4 is 0 Å². The normalized spacial score (nSPS) is 11.2. The third-order valence-electron chi connectivity index (χ3n) is 3.20. The van der Waals surface area contributed by atoms with Crippen LogP contribution in [0.1, 0.15) is 37.8 Å². The molecule has 0 aliphatic heterocycles.